The van der Waals surface area contributed by atoms with E-state index in [1.54, 1.807) is 18.9 Å². The Hall–Kier alpha value is -1.16. The molecule has 2 aromatic rings. The highest BCUT2D eigenvalue weighted by Crippen LogP contribution is 2.33. The zero-order valence-electron chi connectivity index (χ0n) is 12.5. The highest BCUT2D eigenvalue weighted by molar-refractivity contribution is 7.99. The van der Waals surface area contributed by atoms with E-state index < -0.39 is 0 Å². The molecule has 0 unspecified atom stereocenters. The Bertz CT molecular complexity index is 584. The van der Waals surface area contributed by atoms with Gasteiger partial charge in [-0.1, -0.05) is 37.2 Å². The number of hydrogen-bond donors (Lipinski definition) is 1. The number of halogens is 1. The van der Waals surface area contributed by atoms with E-state index in [4.69, 9.17) is 16.3 Å². The quantitative estimate of drug-likeness (QED) is 0.809. The molecule has 0 saturated heterocycles. The van der Waals surface area contributed by atoms with Crippen molar-refractivity contribution in [3.8, 4) is 5.75 Å². The zero-order chi connectivity index (χ0) is 15.2. The second kappa shape index (κ2) is 7.74. The number of rotatable bonds is 6. The molecule has 2 nitrogen and oxygen atoms in total. The number of benzene rings is 2. The molecule has 0 bridgehead atoms. The third-order valence-corrected chi connectivity index (χ3v) is 4.37. The molecule has 2 aromatic carbocycles. The predicted octanol–water partition coefficient (Wildman–Crippen LogP) is 5.00. The molecule has 0 radical (unpaired) electrons. The van der Waals surface area contributed by atoms with Crippen LogP contribution in [0.1, 0.15) is 19.4 Å². The standard InChI is InChI=1S/C17H20ClNOS/c1-12(2)19-11-13-10-14(18)4-9-17(13)21-16-7-5-15(20-3)6-8-16/h4-10,12,19H,11H2,1-3H3. The molecule has 0 aliphatic carbocycles. The van der Waals surface area contributed by atoms with Gasteiger partial charge in [0, 0.05) is 27.4 Å². The van der Waals surface area contributed by atoms with Crippen LogP contribution in [0.2, 0.25) is 5.02 Å². The summed E-state index contributed by atoms with van der Waals surface area (Å²) in [6, 6.07) is 14.6. The molecule has 0 amide bonds. The van der Waals surface area contributed by atoms with Crippen LogP contribution in [0.3, 0.4) is 0 Å². The molecule has 1 N–H and O–H groups in total. The van der Waals surface area contributed by atoms with Crippen molar-refractivity contribution in [1.82, 2.24) is 5.32 Å². The van der Waals surface area contributed by atoms with E-state index >= 15 is 0 Å². The molecule has 0 fully saturated rings. The van der Waals surface area contributed by atoms with Gasteiger partial charge in [0.25, 0.3) is 0 Å². The summed E-state index contributed by atoms with van der Waals surface area (Å²) in [4.78, 5) is 2.40. The van der Waals surface area contributed by atoms with E-state index in [1.165, 1.54) is 15.4 Å². The van der Waals surface area contributed by atoms with Gasteiger partial charge in [0.2, 0.25) is 0 Å². The highest BCUT2D eigenvalue weighted by Gasteiger charge is 2.07. The van der Waals surface area contributed by atoms with Crippen molar-refractivity contribution in [1.29, 1.82) is 0 Å². The lowest BCUT2D eigenvalue weighted by atomic mass is 10.2. The van der Waals surface area contributed by atoms with Crippen molar-refractivity contribution in [2.24, 2.45) is 0 Å². The zero-order valence-corrected chi connectivity index (χ0v) is 14.1. The van der Waals surface area contributed by atoms with Crippen LogP contribution in [-0.2, 0) is 6.54 Å². The van der Waals surface area contributed by atoms with Crippen LogP contribution in [0.15, 0.2) is 52.3 Å². The summed E-state index contributed by atoms with van der Waals surface area (Å²) in [5.74, 6) is 0.872. The minimum atomic E-state index is 0.447. The fraction of sp³-hybridized carbons (Fsp3) is 0.294. The molecule has 0 aliphatic rings. The number of nitrogens with one attached hydrogen (secondary N) is 1. The predicted molar refractivity (Wildman–Crippen MR) is 90.5 cm³/mol. The van der Waals surface area contributed by atoms with Crippen LogP contribution in [-0.4, -0.2) is 13.2 Å². The van der Waals surface area contributed by atoms with Crippen molar-refractivity contribution < 1.29 is 4.74 Å². The summed E-state index contributed by atoms with van der Waals surface area (Å²) >= 11 is 7.86. The maximum absolute atomic E-state index is 6.12. The summed E-state index contributed by atoms with van der Waals surface area (Å²) in [7, 11) is 1.68. The van der Waals surface area contributed by atoms with Gasteiger partial charge in [-0.25, -0.2) is 0 Å². The minimum Gasteiger partial charge on any atom is -0.497 e. The molecule has 2 rings (SSSR count). The summed E-state index contributed by atoms with van der Waals surface area (Å²) in [5, 5.41) is 4.21. The normalized spacial score (nSPS) is 10.9. The van der Waals surface area contributed by atoms with E-state index in [0.29, 0.717) is 6.04 Å². The largest absolute Gasteiger partial charge is 0.497 e. The maximum Gasteiger partial charge on any atom is 0.118 e. The first-order valence-corrected chi connectivity index (χ1v) is 8.11. The maximum atomic E-state index is 6.12. The van der Waals surface area contributed by atoms with E-state index in [2.05, 4.69) is 37.4 Å². The summed E-state index contributed by atoms with van der Waals surface area (Å²) in [6.45, 7) is 5.10. The second-order valence-corrected chi connectivity index (χ2v) is 6.62. The van der Waals surface area contributed by atoms with E-state index in [9.17, 15) is 0 Å². The van der Waals surface area contributed by atoms with Crippen molar-refractivity contribution in [3.05, 3.63) is 53.1 Å². The monoisotopic (exact) mass is 321 g/mol. The average Bonchev–Trinajstić information content (AvgIpc) is 2.48. The molecule has 4 heteroatoms. The fourth-order valence-corrected chi connectivity index (χ4v) is 2.99. The van der Waals surface area contributed by atoms with E-state index in [0.717, 1.165) is 17.3 Å². The third-order valence-electron chi connectivity index (χ3n) is 3.01. The topological polar surface area (TPSA) is 21.3 Å². The van der Waals surface area contributed by atoms with Gasteiger partial charge in [-0.2, -0.15) is 0 Å². The van der Waals surface area contributed by atoms with Crippen LogP contribution < -0.4 is 10.1 Å². The molecule has 21 heavy (non-hydrogen) atoms. The van der Waals surface area contributed by atoms with Gasteiger partial charge < -0.3 is 10.1 Å². The Kier molecular flexibility index (Phi) is 5.97. The van der Waals surface area contributed by atoms with Crippen molar-refractivity contribution in [3.63, 3.8) is 0 Å². The summed E-state index contributed by atoms with van der Waals surface area (Å²) < 4.78 is 5.19. The van der Waals surface area contributed by atoms with Gasteiger partial charge in [-0.3, -0.25) is 0 Å². The smallest absolute Gasteiger partial charge is 0.118 e. The van der Waals surface area contributed by atoms with Crippen LogP contribution in [0.4, 0.5) is 0 Å². The molecule has 0 atom stereocenters. The molecular formula is C17H20ClNOS. The summed E-state index contributed by atoms with van der Waals surface area (Å²) in [5.41, 5.74) is 1.22. The average molecular weight is 322 g/mol. The van der Waals surface area contributed by atoms with Crippen LogP contribution >= 0.6 is 23.4 Å². The second-order valence-electron chi connectivity index (χ2n) is 5.07. The summed E-state index contributed by atoms with van der Waals surface area (Å²) in [6.07, 6.45) is 0. The lowest BCUT2D eigenvalue weighted by Gasteiger charge is -2.13. The molecule has 0 spiro atoms. The number of hydrogen-bond acceptors (Lipinski definition) is 3. The molecular weight excluding hydrogens is 302 g/mol. The van der Waals surface area contributed by atoms with Gasteiger partial charge in [-0.15, -0.1) is 0 Å². The third kappa shape index (κ3) is 4.95. The minimum absolute atomic E-state index is 0.447. The van der Waals surface area contributed by atoms with Crippen molar-refractivity contribution >= 4 is 23.4 Å². The van der Waals surface area contributed by atoms with Crippen LogP contribution in [0.5, 0.6) is 5.75 Å². The van der Waals surface area contributed by atoms with Gasteiger partial charge in [0.05, 0.1) is 7.11 Å². The molecule has 0 aromatic heterocycles. The molecule has 0 aliphatic heterocycles. The lowest BCUT2D eigenvalue weighted by Crippen LogP contribution is -2.22. The van der Waals surface area contributed by atoms with E-state index in [-0.39, 0.29) is 0 Å². The van der Waals surface area contributed by atoms with Crippen LogP contribution in [0, 0.1) is 0 Å². The fourth-order valence-electron chi connectivity index (χ4n) is 1.87. The first kappa shape index (κ1) is 16.2. The lowest BCUT2D eigenvalue weighted by molar-refractivity contribution is 0.414. The first-order valence-electron chi connectivity index (χ1n) is 6.92. The number of methoxy groups -OCH3 is 1. The molecule has 112 valence electrons. The van der Waals surface area contributed by atoms with Crippen molar-refractivity contribution in [2.45, 2.75) is 36.2 Å². The highest BCUT2D eigenvalue weighted by atomic mass is 35.5. The Morgan fingerprint density at radius 3 is 2.48 bits per heavy atom. The Balaban J connectivity index is 2.17. The molecule has 0 heterocycles. The van der Waals surface area contributed by atoms with Gasteiger partial charge in [0.15, 0.2) is 0 Å². The Morgan fingerprint density at radius 1 is 1.14 bits per heavy atom. The Morgan fingerprint density at radius 2 is 1.86 bits per heavy atom. The number of ether oxygens (including phenoxy) is 1. The van der Waals surface area contributed by atoms with Gasteiger partial charge in [-0.05, 0) is 48.0 Å². The van der Waals surface area contributed by atoms with Crippen LogP contribution in [0.25, 0.3) is 0 Å². The van der Waals surface area contributed by atoms with Gasteiger partial charge >= 0.3 is 0 Å². The first-order chi connectivity index (χ1) is 10.1. The van der Waals surface area contributed by atoms with E-state index in [1.807, 2.05) is 24.3 Å². The molecule has 0 saturated carbocycles. The van der Waals surface area contributed by atoms with Gasteiger partial charge in [0.1, 0.15) is 5.75 Å². The SMILES string of the molecule is COc1ccc(Sc2ccc(Cl)cc2CNC(C)C)cc1. The van der Waals surface area contributed by atoms with Crippen molar-refractivity contribution in [2.75, 3.05) is 7.11 Å². The Labute approximate surface area is 135 Å².